The average molecular weight is 256 g/mol. The normalized spacial score (nSPS) is 12.6. The topological polar surface area (TPSA) is 17.1 Å². The lowest BCUT2D eigenvalue weighted by molar-refractivity contribution is -0.255. The van der Waals surface area contributed by atoms with Crippen LogP contribution < -0.4 is 0 Å². The maximum atomic E-state index is 13.1. The van der Waals surface area contributed by atoms with Gasteiger partial charge in [-0.2, -0.15) is 22.0 Å². The van der Waals surface area contributed by atoms with E-state index in [0.717, 1.165) is 6.07 Å². The number of hydrogen-bond acceptors (Lipinski definition) is 1. The minimum atomic E-state index is -6.04. The molecule has 1 aromatic rings. The van der Waals surface area contributed by atoms with Crippen LogP contribution in [0.25, 0.3) is 0 Å². The molecule has 0 saturated heterocycles. The summed E-state index contributed by atoms with van der Waals surface area (Å²) in [6, 6.07) is 2.38. The molecule has 7 heteroatoms. The van der Waals surface area contributed by atoms with Gasteiger partial charge in [-0.25, -0.2) is 4.39 Å². The summed E-state index contributed by atoms with van der Waals surface area (Å²) in [7, 11) is 0. The third kappa shape index (κ3) is 2.42. The maximum absolute atomic E-state index is 13.1. The summed E-state index contributed by atoms with van der Waals surface area (Å²) in [5.74, 6) is -9.59. The van der Waals surface area contributed by atoms with Gasteiger partial charge in [0.1, 0.15) is 5.82 Å². The molecule has 0 saturated carbocycles. The minimum Gasteiger partial charge on any atom is -0.287 e. The van der Waals surface area contributed by atoms with Gasteiger partial charge < -0.3 is 0 Å². The summed E-state index contributed by atoms with van der Waals surface area (Å²) in [5, 5.41) is 0. The van der Waals surface area contributed by atoms with Crippen molar-refractivity contribution in [3.8, 4) is 0 Å². The fourth-order valence-corrected chi connectivity index (χ4v) is 1.10. The number of ketones is 1. The van der Waals surface area contributed by atoms with Crippen molar-refractivity contribution >= 4 is 5.78 Å². The fraction of sp³-hybridized carbons (Fsp3) is 0.300. The van der Waals surface area contributed by atoms with Gasteiger partial charge in [-0.05, 0) is 24.6 Å². The van der Waals surface area contributed by atoms with Crippen LogP contribution in [0.2, 0.25) is 0 Å². The number of carbonyl (C=O) groups is 1. The molecule has 0 bridgehead atoms. The molecule has 17 heavy (non-hydrogen) atoms. The molecule has 0 radical (unpaired) electrons. The second-order valence-electron chi connectivity index (χ2n) is 3.38. The smallest absolute Gasteiger partial charge is 0.287 e. The predicted octanol–water partition coefficient (Wildman–Crippen LogP) is 3.51. The first-order valence-electron chi connectivity index (χ1n) is 4.33. The third-order valence-corrected chi connectivity index (χ3v) is 2.01. The SMILES string of the molecule is Cc1ccc(C(=O)C(F)(F)C(F)(F)F)c(F)c1. The van der Waals surface area contributed by atoms with Gasteiger partial charge in [-0.1, -0.05) is 6.07 Å². The van der Waals surface area contributed by atoms with E-state index < -0.39 is 29.3 Å². The predicted molar refractivity (Wildman–Crippen MR) is 46.5 cm³/mol. The molecule has 1 nitrogen and oxygen atoms in total. The monoisotopic (exact) mass is 256 g/mol. The molecule has 94 valence electrons. The van der Waals surface area contributed by atoms with Crippen LogP contribution in [0.5, 0.6) is 0 Å². The molecule has 0 unspecified atom stereocenters. The molecule has 0 atom stereocenters. The number of halogens is 6. The first kappa shape index (κ1) is 13.5. The van der Waals surface area contributed by atoms with E-state index in [1.54, 1.807) is 0 Å². The Morgan fingerprint density at radius 2 is 1.65 bits per heavy atom. The molecule has 0 heterocycles. The van der Waals surface area contributed by atoms with Crippen LogP contribution in [0, 0.1) is 12.7 Å². The van der Waals surface area contributed by atoms with E-state index in [1.165, 1.54) is 6.92 Å². The summed E-state index contributed by atoms with van der Waals surface area (Å²) >= 11 is 0. The number of alkyl halides is 5. The van der Waals surface area contributed by atoms with E-state index in [4.69, 9.17) is 0 Å². The summed E-state index contributed by atoms with van der Waals surface area (Å²) in [5.41, 5.74) is -0.979. The maximum Gasteiger partial charge on any atom is 0.461 e. The molecule has 1 aromatic carbocycles. The molecule has 0 fully saturated rings. The zero-order valence-corrected chi connectivity index (χ0v) is 8.41. The zero-order chi connectivity index (χ0) is 13.4. The van der Waals surface area contributed by atoms with E-state index in [-0.39, 0.29) is 0 Å². The largest absolute Gasteiger partial charge is 0.461 e. The Morgan fingerprint density at radius 3 is 2.06 bits per heavy atom. The van der Waals surface area contributed by atoms with Crippen molar-refractivity contribution in [2.24, 2.45) is 0 Å². The Hall–Kier alpha value is -1.53. The number of hydrogen-bond donors (Lipinski definition) is 0. The highest BCUT2D eigenvalue weighted by molar-refractivity contribution is 6.02. The van der Waals surface area contributed by atoms with Crippen LogP contribution in [-0.4, -0.2) is 17.9 Å². The van der Waals surface area contributed by atoms with Crippen LogP contribution in [-0.2, 0) is 0 Å². The van der Waals surface area contributed by atoms with Crippen molar-refractivity contribution in [1.82, 2.24) is 0 Å². The Balaban J connectivity index is 3.22. The number of Topliss-reactive ketones (excluding diaryl/α,β-unsaturated/α-hetero) is 1. The van der Waals surface area contributed by atoms with Gasteiger partial charge in [0.2, 0.25) is 5.78 Å². The quantitative estimate of drug-likeness (QED) is 0.584. The molecule has 0 N–H and O–H groups in total. The van der Waals surface area contributed by atoms with Crippen molar-refractivity contribution in [3.63, 3.8) is 0 Å². The molecule has 0 aliphatic carbocycles. The van der Waals surface area contributed by atoms with Crippen molar-refractivity contribution in [2.75, 3.05) is 0 Å². The molecule has 0 aliphatic rings. The first-order valence-corrected chi connectivity index (χ1v) is 4.33. The van der Waals surface area contributed by atoms with Crippen LogP contribution in [0.4, 0.5) is 26.3 Å². The molecular weight excluding hydrogens is 250 g/mol. The highest BCUT2D eigenvalue weighted by Crippen LogP contribution is 2.38. The van der Waals surface area contributed by atoms with Crippen LogP contribution >= 0.6 is 0 Å². The summed E-state index contributed by atoms with van der Waals surface area (Å²) in [6.45, 7) is 1.40. The minimum absolute atomic E-state index is 0.300. The summed E-state index contributed by atoms with van der Waals surface area (Å²) < 4.78 is 74.1. The van der Waals surface area contributed by atoms with Crippen LogP contribution in [0.15, 0.2) is 18.2 Å². The number of benzene rings is 1. The number of carbonyl (C=O) groups excluding carboxylic acids is 1. The summed E-state index contributed by atoms with van der Waals surface area (Å²) in [4.78, 5) is 10.9. The molecule has 0 aliphatic heterocycles. The van der Waals surface area contributed by atoms with E-state index in [2.05, 4.69) is 0 Å². The van der Waals surface area contributed by atoms with Gasteiger partial charge in [0, 0.05) is 0 Å². The Morgan fingerprint density at radius 1 is 1.12 bits per heavy atom. The van der Waals surface area contributed by atoms with Crippen LogP contribution in [0.3, 0.4) is 0 Å². The third-order valence-electron chi connectivity index (χ3n) is 2.01. The van der Waals surface area contributed by atoms with E-state index in [0.29, 0.717) is 17.7 Å². The summed E-state index contributed by atoms with van der Waals surface area (Å²) in [6.07, 6.45) is -6.04. The van der Waals surface area contributed by atoms with Gasteiger partial charge in [0.05, 0.1) is 5.56 Å². The Kier molecular flexibility index (Phi) is 3.22. The first-order chi connectivity index (χ1) is 7.57. The van der Waals surface area contributed by atoms with E-state index in [1.807, 2.05) is 0 Å². The average Bonchev–Trinajstić information content (AvgIpc) is 2.14. The van der Waals surface area contributed by atoms with E-state index >= 15 is 0 Å². The van der Waals surface area contributed by atoms with Crippen molar-refractivity contribution in [3.05, 3.63) is 35.1 Å². The van der Waals surface area contributed by atoms with E-state index in [9.17, 15) is 31.1 Å². The molecule has 1 rings (SSSR count). The van der Waals surface area contributed by atoms with Crippen LogP contribution in [0.1, 0.15) is 15.9 Å². The van der Waals surface area contributed by atoms with Crippen molar-refractivity contribution in [2.45, 2.75) is 19.0 Å². The second-order valence-corrected chi connectivity index (χ2v) is 3.38. The molecule has 0 aromatic heterocycles. The Labute approximate surface area is 92.0 Å². The number of aryl methyl sites for hydroxylation is 1. The highest BCUT2D eigenvalue weighted by atomic mass is 19.4. The van der Waals surface area contributed by atoms with Gasteiger partial charge in [0.15, 0.2) is 0 Å². The number of rotatable bonds is 2. The lowest BCUT2D eigenvalue weighted by Crippen LogP contribution is -2.44. The zero-order valence-electron chi connectivity index (χ0n) is 8.41. The van der Waals surface area contributed by atoms with Crippen molar-refractivity contribution in [1.29, 1.82) is 0 Å². The Bertz CT molecular complexity index is 449. The lowest BCUT2D eigenvalue weighted by Gasteiger charge is -2.18. The van der Waals surface area contributed by atoms with Gasteiger partial charge in [0.25, 0.3) is 0 Å². The molecule has 0 amide bonds. The van der Waals surface area contributed by atoms with Crippen molar-refractivity contribution < 1.29 is 31.1 Å². The van der Waals surface area contributed by atoms with Gasteiger partial charge in [-0.3, -0.25) is 4.79 Å². The fourth-order valence-electron chi connectivity index (χ4n) is 1.10. The highest BCUT2D eigenvalue weighted by Gasteiger charge is 2.63. The van der Waals surface area contributed by atoms with Gasteiger partial charge in [-0.15, -0.1) is 0 Å². The second kappa shape index (κ2) is 4.05. The lowest BCUT2D eigenvalue weighted by atomic mass is 10.0. The standard InChI is InChI=1S/C10H6F6O/c1-5-2-3-6(7(11)4-5)8(17)9(12,13)10(14,15)16/h2-4H,1H3. The van der Waals surface area contributed by atoms with Gasteiger partial charge >= 0.3 is 12.1 Å². The molecular formula is C10H6F6O. The molecule has 0 spiro atoms.